The molecular formula is C12H22O5. The van der Waals surface area contributed by atoms with Crippen LogP contribution in [0.15, 0.2) is 0 Å². The maximum atomic E-state index is 11.3. The van der Waals surface area contributed by atoms with E-state index in [2.05, 4.69) is 4.74 Å². The molecule has 0 radical (unpaired) electrons. The second kappa shape index (κ2) is 8.98. The summed E-state index contributed by atoms with van der Waals surface area (Å²) in [5.74, 6) is -0.569. The third-order valence-electron chi connectivity index (χ3n) is 2.11. The second-order valence-electron chi connectivity index (χ2n) is 3.60. The monoisotopic (exact) mass is 246 g/mol. The molecule has 2 unspecified atom stereocenters. The Morgan fingerprint density at radius 2 is 2.00 bits per heavy atom. The molecule has 0 aliphatic carbocycles. The lowest BCUT2D eigenvalue weighted by atomic mass is 10.1. The van der Waals surface area contributed by atoms with Gasteiger partial charge in [-0.1, -0.05) is 13.8 Å². The minimum atomic E-state index is -0.808. The molecule has 1 aliphatic heterocycles. The number of hydrogen-bond acceptors (Lipinski definition) is 5. The number of ether oxygens (including phenoxy) is 3. The molecule has 2 atom stereocenters. The van der Waals surface area contributed by atoms with E-state index in [9.17, 15) is 9.59 Å². The fourth-order valence-electron chi connectivity index (χ4n) is 1.47. The van der Waals surface area contributed by atoms with Gasteiger partial charge in [-0.05, 0) is 12.3 Å². The van der Waals surface area contributed by atoms with Gasteiger partial charge < -0.3 is 14.2 Å². The first-order valence-electron chi connectivity index (χ1n) is 6.02. The molecule has 1 heterocycles. The molecule has 0 N–H and O–H groups in total. The van der Waals surface area contributed by atoms with Crippen molar-refractivity contribution in [1.82, 2.24) is 0 Å². The molecule has 0 aromatic heterocycles. The van der Waals surface area contributed by atoms with E-state index >= 15 is 0 Å². The summed E-state index contributed by atoms with van der Waals surface area (Å²) in [7, 11) is 0. The number of carbonyl (C=O) groups is 2. The van der Waals surface area contributed by atoms with E-state index in [1.165, 1.54) is 13.8 Å². The fourth-order valence-corrected chi connectivity index (χ4v) is 1.47. The fraction of sp³-hybridized carbons (Fsp3) is 0.833. The highest BCUT2D eigenvalue weighted by Gasteiger charge is 2.21. The summed E-state index contributed by atoms with van der Waals surface area (Å²) in [4.78, 5) is 21.9. The predicted octanol–water partition coefficient (Wildman–Crippen LogP) is 1.89. The first kappa shape index (κ1) is 15.9. The number of esters is 2. The Kier molecular flexibility index (Phi) is 8.40. The van der Waals surface area contributed by atoms with Crippen LogP contribution in [0.2, 0.25) is 0 Å². The van der Waals surface area contributed by atoms with Crippen LogP contribution >= 0.6 is 0 Å². The summed E-state index contributed by atoms with van der Waals surface area (Å²) in [5, 5.41) is 0. The van der Waals surface area contributed by atoms with Gasteiger partial charge in [-0.3, -0.25) is 9.59 Å². The minimum absolute atomic E-state index is 0.238. The molecule has 5 heteroatoms. The van der Waals surface area contributed by atoms with E-state index in [1.807, 2.05) is 13.8 Å². The van der Waals surface area contributed by atoms with Gasteiger partial charge in [-0.25, -0.2) is 0 Å². The van der Waals surface area contributed by atoms with Gasteiger partial charge >= 0.3 is 11.9 Å². The van der Waals surface area contributed by atoms with E-state index in [0.717, 1.165) is 6.42 Å². The second-order valence-corrected chi connectivity index (χ2v) is 3.60. The van der Waals surface area contributed by atoms with Crippen LogP contribution in [0.25, 0.3) is 0 Å². The Morgan fingerprint density at radius 1 is 1.35 bits per heavy atom. The highest BCUT2D eigenvalue weighted by Crippen LogP contribution is 2.17. The molecule has 100 valence electrons. The maximum Gasteiger partial charge on any atom is 0.309 e. The number of carbonyl (C=O) groups excluding carboxylic acids is 2. The Morgan fingerprint density at radius 3 is 2.47 bits per heavy atom. The smallest absolute Gasteiger partial charge is 0.309 e. The summed E-state index contributed by atoms with van der Waals surface area (Å²) >= 11 is 0. The third kappa shape index (κ3) is 7.74. The summed E-state index contributed by atoms with van der Waals surface area (Å²) in [6.07, 6.45) is 0.403. The molecule has 0 saturated carbocycles. The molecule has 0 spiro atoms. The van der Waals surface area contributed by atoms with Crippen molar-refractivity contribution in [2.45, 2.75) is 46.8 Å². The topological polar surface area (TPSA) is 61.8 Å². The summed E-state index contributed by atoms with van der Waals surface area (Å²) in [6, 6.07) is 0. The van der Waals surface area contributed by atoms with Gasteiger partial charge in [0.15, 0.2) is 0 Å². The molecular weight excluding hydrogens is 224 g/mol. The van der Waals surface area contributed by atoms with Crippen LogP contribution in [0.4, 0.5) is 0 Å². The van der Waals surface area contributed by atoms with E-state index in [-0.39, 0.29) is 11.9 Å². The van der Waals surface area contributed by atoms with E-state index < -0.39 is 12.3 Å². The molecule has 1 fully saturated rings. The largest absolute Gasteiger partial charge is 0.426 e. The molecule has 5 nitrogen and oxygen atoms in total. The average molecular weight is 246 g/mol. The summed E-state index contributed by atoms with van der Waals surface area (Å²) in [6.45, 7) is 8.11. The molecule has 0 aromatic carbocycles. The third-order valence-corrected chi connectivity index (χ3v) is 2.11. The maximum absolute atomic E-state index is 11.3. The lowest BCUT2D eigenvalue weighted by molar-refractivity contribution is -0.183. The zero-order valence-electron chi connectivity index (χ0n) is 11.0. The lowest BCUT2D eigenvalue weighted by Gasteiger charge is -2.14. The van der Waals surface area contributed by atoms with Crippen molar-refractivity contribution in [2.75, 3.05) is 13.2 Å². The van der Waals surface area contributed by atoms with Gasteiger partial charge in [0.05, 0.1) is 13.0 Å². The van der Waals surface area contributed by atoms with E-state index in [1.54, 1.807) is 0 Å². The van der Waals surface area contributed by atoms with E-state index in [0.29, 0.717) is 19.6 Å². The van der Waals surface area contributed by atoms with Crippen LogP contribution in [-0.4, -0.2) is 31.4 Å². The molecule has 1 rings (SSSR count). The minimum Gasteiger partial charge on any atom is -0.426 e. The molecule has 1 saturated heterocycles. The van der Waals surface area contributed by atoms with E-state index in [4.69, 9.17) is 9.47 Å². The van der Waals surface area contributed by atoms with Crippen molar-refractivity contribution in [3.05, 3.63) is 0 Å². The molecule has 0 amide bonds. The van der Waals surface area contributed by atoms with Gasteiger partial charge in [-0.15, -0.1) is 0 Å². The zero-order valence-corrected chi connectivity index (χ0v) is 11.0. The first-order valence-corrected chi connectivity index (χ1v) is 6.02. The molecule has 1 aliphatic rings. The van der Waals surface area contributed by atoms with Crippen LogP contribution < -0.4 is 0 Å². The van der Waals surface area contributed by atoms with Gasteiger partial charge in [0.1, 0.15) is 0 Å². The molecule has 17 heavy (non-hydrogen) atoms. The van der Waals surface area contributed by atoms with Crippen LogP contribution in [0.1, 0.15) is 40.5 Å². The van der Waals surface area contributed by atoms with Gasteiger partial charge in [-0.2, -0.15) is 0 Å². The number of hydrogen-bond donors (Lipinski definition) is 0. The normalized spacial score (nSPS) is 19.9. The van der Waals surface area contributed by atoms with Crippen LogP contribution in [0, 0.1) is 5.92 Å². The summed E-state index contributed by atoms with van der Waals surface area (Å²) < 4.78 is 14.7. The first-order chi connectivity index (χ1) is 8.08. The van der Waals surface area contributed by atoms with Crippen LogP contribution in [0.3, 0.4) is 0 Å². The van der Waals surface area contributed by atoms with Crippen molar-refractivity contribution < 1.29 is 23.8 Å². The Balaban J connectivity index is 0.00000121. The number of rotatable bonds is 4. The SMILES string of the molecule is CC.CC(=O)OC(C)OC(=O)CC1CCOC1. The molecule has 0 bridgehead atoms. The average Bonchev–Trinajstić information content (AvgIpc) is 2.71. The Labute approximate surface area is 102 Å². The highest BCUT2D eigenvalue weighted by atomic mass is 16.7. The van der Waals surface area contributed by atoms with Crippen LogP contribution in [0.5, 0.6) is 0 Å². The van der Waals surface area contributed by atoms with Crippen molar-refractivity contribution in [3.63, 3.8) is 0 Å². The molecule has 0 aromatic rings. The van der Waals surface area contributed by atoms with Gasteiger partial charge in [0.25, 0.3) is 0 Å². The van der Waals surface area contributed by atoms with Crippen LogP contribution in [-0.2, 0) is 23.8 Å². The Bertz CT molecular complexity index is 233. The standard InChI is InChI=1S/C10H16O5.C2H6/c1-7(11)14-8(2)15-10(12)5-9-3-4-13-6-9;1-2/h8-9H,3-6H2,1-2H3;1-2H3. The van der Waals surface area contributed by atoms with Crippen molar-refractivity contribution in [2.24, 2.45) is 5.92 Å². The zero-order chi connectivity index (χ0) is 13.3. The summed E-state index contributed by atoms with van der Waals surface area (Å²) in [5.41, 5.74) is 0. The predicted molar refractivity (Wildman–Crippen MR) is 62.2 cm³/mol. The highest BCUT2D eigenvalue weighted by molar-refractivity contribution is 5.70. The van der Waals surface area contributed by atoms with Gasteiger partial charge in [0.2, 0.25) is 6.29 Å². The van der Waals surface area contributed by atoms with Crippen molar-refractivity contribution >= 4 is 11.9 Å². The lowest BCUT2D eigenvalue weighted by Crippen LogP contribution is -2.22. The van der Waals surface area contributed by atoms with Crippen molar-refractivity contribution in [1.29, 1.82) is 0 Å². The quantitative estimate of drug-likeness (QED) is 0.560. The van der Waals surface area contributed by atoms with Crippen molar-refractivity contribution in [3.8, 4) is 0 Å². The Hall–Kier alpha value is -1.10. The van der Waals surface area contributed by atoms with Gasteiger partial charge in [0, 0.05) is 20.5 Å².